The van der Waals surface area contributed by atoms with Crippen molar-refractivity contribution in [3.8, 4) is 22.4 Å². The predicted molar refractivity (Wildman–Crippen MR) is 86.0 cm³/mol. The monoisotopic (exact) mass is 305 g/mol. The lowest BCUT2D eigenvalue weighted by Gasteiger charge is -2.17. The van der Waals surface area contributed by atoms with Crippen LogP contribution in [0.15, 0.2) is 43.0 Å². The Morgan fingerprint density at radius 2 is 1.96 bits per heavy atom. The number of aromatic amines is 1. The Morgan fingerprint density at radius 1 is 1.17 bits per heavy atom. The minimum atomic E-state index is -0.379. The van der Waals surface area contributed by atoms with Crippen LogP contribution >= 0.6 is 0 Å². The minimum Gasteiger partial charge on any atom is -0.464 e. The van der Waals surface area contributed by atoms with Gasteiger partial charge in [-0.15, -0.1) is 0 Å². The summed E-state index contributed by atoms with van der Waals surface area (Å²) < 4.78 is 4.95. The van der Waals surface area contributed by atoms with E-state index in [1.165, 1.54) is 19.0 Å². The van der Waals surface area contributed by atoms with Crippen molar-refractivity contribution < 1.29 is 9.53 Å². The van der Waals surface area contributed by atoms with Crippen molar-refractivity contribution in [1.29, 1.82) is 0 Å². The third kappa shape index (κ3) is 2.12. The van der Waals surface area contributed by atoms with Crippen LogP contribution in [-0.4, -0.2) is 28.0 Å². The molecular formula is C18H15N3O2. The molecule has 1 aliphatic rings. The van der Waals surface area contributed by atoms with Gasteiger partial charge < -0.3 is 9.72 Å². The van der Waals surface area contributed by atoms with Gasteiger partial charge in [-0.2, -0.15) is 0 Å². The molecule has 0 saturated heterocycles. The molecule has 5 heteroatoms. The van der Waals surface area contributed by atoms with Gasteiger partial charge in [0.15, 0.2) is 0 Å². The van der Waals surface area contributed by atoms with Crippen molar-refractivity contribution in [1.82, 2.24) is 15.0 Å². The number of benzene rings is 1. The number of nitrogens with zero attached hydrogens (tertiary/aromatic N) is 2. The van der Waals surface area contributed by atoms with Gasteiger partial charge >= 0.3 is 5.97 Å². The van der Waals surface area contributed by atoms with Crippen LogP contribution in [0.4, 0.5) is 0 Å². The first-order valence-corrected chi connectivity index (χ1v) is 7.46. The molecule has 5 nitrogen and oxygen atoms in total. The van der Waals surface area contributed by atoms with E-state index < -0.39 is 0 Å². The Kier molecular flexibility index (Phi) is 3.19. The average molecular weight is 305 g/mol. The fourth-order valence-corrected chi connectivity index (χ4v) is 3.26. The second kappa shape index (κ2) is 5.35. The van der Waals surface area contributed by atoms with Gasteiger partial charge in [0.1, 0.15) is 12.0 Å². The number of hydrogen-bond acceptors (Lipinski definition) is 4. The number of H-pyrrole nitrogens is 1. The summed E-state index contributed by atoms with van der Waals surface area (Å²) >= 11 is 0. The van der Waals surface area contributed by atoms with E-state index in [0.717, 1.165) is 40.8 Å². The molecule has 0 unspecified atom stereocenters. The van der Waals surface area contributed by atoms with E-state index in [-0.39, 0.29) is 5.97 Å². The zero-order chi connectivity index (χ0) is 15.8. The molecule has 0 saturated carbocycles. The molecule has 2 heterocycles. The van der Waals surface area contributed by atoms with Gasteiger partial charge in [0, 0.05) is 29.1 Å². The molecule has 0 bridgehead atoms. The number of ether oxygens (including phenoxy) is 1. The molecule has 114 valence electrons. The van der Waals surface area contributed by atoms with Gasteiger partial charge in [-0.25, -0.2) is 14.8 Å². The van der Waals surface area contributed by atoms with E-state index in [9.17, 15) is 4.79 Å². The number of methoxy groups -OCH3 is 1. The molecule has 0 fully saturated rings. The van der Waals surface area contributed by atoms with Crippen molar-refractivity contribution in [2.24, 2.45) is 0 Å². The lowest BCUT2D eigenvalue weighted by Crippen LogP contribution is -2.04. The third-order valence-corrected chi connectivity index (χ3v) is 4.27. The number of aryl methyl sites for hydroxylation is 1. The summed E-state index contributed by atoms with van der Waals surface area (Å²) in [6.45, 7) is 0. The number of fused-ring (bicyclic) bond motifs is 3. The number of carbonyl (C=O) groups excluding carboxylic acids is 1. The van der Waals surface area contributed by atoms with E-state index in [1.807, 2.05) is 12.1 Å². The smallest absolute Gasteiger partial charge is 0.355 e. The molecule has 0 radical (unpaired) electrons. The SMILES string of the molecule is COC(=O)c1[nH]c2c(c1-c1cncnc1)CCc1ccccc1-2. The quantitative estimate of drug-likeness (QED) is 0.739. The van der Waals surface area contributed by atoms with Crippen LogP contribution in [0.25, 0.3) is 22.4 Å². The highest BCUT2D eigenvalue weighted by molar-refractivity contribution is 5.99. The molecule has 2 aromatic heterocycles. The van der Waals surface area contributed by atoms with Crippen LogP contribution in [0.3, 0.4) is 0 Å². The molecule has 4 rings (SSSR count). The molecule has 0 amide bonds. The molecule has 0 aliphatic heterocycles. The van der Waals surface area contributed by atoms with Gasteiger partial charge in [0.25, 0.3) is 0 Å². The van der Waals surface area contributed by atoms with Crippen molar-refractivity contribution in [3.05, 3.63) is 59.8 Å². The molecule has 1 aromatic carbocycles. The summed E-state index contributed by atoms with van der Waals surface area (Å²) in [5.74, 6) is -0.379. The highest BCUT2D eigenvalue weighted by Gasteiger charge is 2.28. The fraction of sp³-hybridized carbons (Fsp3) is 0.167. The fourth-order valence-electron chi connectivity index (χ4n) is 3.26. The van der Waals surface area contributed by atoms with Crippen molar-refractivity contribution in [2.75, 3.05) is 7.11 Å². The second-order valence-electron chi connectivity index (χ2n) is 5.50. The van der Waals surface area contributed by atoms with Crippen molar-refractivity contribution in [2.45, 2.75) is 12.8 Å². The minimum absolute atomic E-state index is 0.379. The number of rotatable bonds is 2. The Morgan fingerprint density at radius 3 is 2.74 bits per heavy atom. The summed E-state index contributed by atoms with van der Waals surface area (Å²) in [5.41, 5.74) is 6.68. The molecular weight excluding hydrogens is 290 g/mol. The van der Waals surface area contributed by atoms with Crippen LogP contribution in [0.1, 0.15) is 21.6 Å². The molecule has 1 N–H and O–H groups in total. The van der Waals surface area contributed by atoms with Crippen LogP contribution < -0.4 is 0 Å². The van der Waals surface area contributed by atoms with Gasteiger partial charge in [-0.05, 0) is 24.0 Å². The maximum atomic E-state index is 12.2. The average Bonchev–Trinajstić information content (AvgIpc) is 3.01. The summed E-state index contributed by atoms with van der Waals surface area (Å²) in [6, 6.07) is 8.26. The summed E-state index contributed by atoms with van der Waals surface area (Å²) in [5, 5.41) is 0. The number of carbonyl (C=O) groups is 1. The highest BCUT2D eigenvalue weighted by Crippen LogP contribution is 2.40. The van der Waals surface area contributed by atoms with Gasteiger partial charge in [-0.3, -0.25) is 0 Å². The molecule has 3 aromatic rings. The topological polar surface area (TPSA) is 67.9 Å². The summed E-state index contributed by atoms with van der Waals surface area (Å²) in [7, 11) is 1.39. The van der Waals surface area contributed by atoms with Crippen molar-refractivity contribution >= 4 is 5.97 Å². The Balaban J connectivity index is 2.00. The van der Waals surface area contributed by atoms with Gasteiger partial charge in [0.2, 0.25) is 0 Å². The van der Waals surface area contributed by atoms with Crippen LogP contribution in [0.2, 0.25) is 0 Å². The van der Waals surface area contributed by atoms with Crippen LogP contribution in [0.5, 0.6) is 0 Å². The second-order valence-corrected chi connectivity index (χ2v) is 5.50. The zero-order valence-electron chi connectivity index (χ0n) is 12.7. The van der Waals surface area contributed by atoms with E-state index in [2.05, 4.69) is 27.1 Å². The largest absolute Gasteiger partial charge is 0.464 e. The number of nitrogens with one attached hydrogen (secondary N) is 1. The summed E-state index contributed by atoms with van der Waals surface area (Å²) in [4.78, 5) is 23.7. The van der Waals surface area contributed by atoms with E-state index in [0.29, 0.717) is 5.69 Å². The first-order valence-electron chi connectivity index (χ1n) is 7.46. The van der Waals surface area contributed by atoms with Gasteiger partial charge in [0.05, 0.1) is 12.8 Å². The first kappa shape index (κ1) is 13.7. The number of esters is 1. The van der Waals surface area contributed by atoms with Crippen molar-refractivity contribution in [3.63, 3.8) is 0 Å². The maximum Gasteiger partial charge on any atom is 0.355 e. The standard InChI is InChI=1S/C18H15N3O2/c1-23-18(22)17-15(12-8-19-10-20-9-12)14-7-6-11-4-2-3-5-13(11)16(14)21-17/h2-5,8-10,21H,6-7H2,1H3. The van der Waals surface area contributed by atoms with E-state index in [4.69, 9.17) is 4.74 Å². The summed E-state index contributed by atoms with van der Waals surface area (Å²) in [6.07, 6.45) is 6.74. The number of aromatic nitrogens is 3. The molecule has 1 aliphatic carbocycles. The van der Waals surface area contributed by atoms with E-state index >= 15 is 0 Å². The Labute approximate surface area is 133 Å². The zero-order valence-corrected chi connectivity index (χ0v) is 12.7. The lowest BCUT2D eigenvalue weighted by atomic mass is 9.87. The Bertz CT molecular complexity index is 885. The van der Waals surface area contributed by atoms with Crippen LogP contribution in [-0.2, 0) is 17.6 Å². The number of hydrogen-bond donors (Lipinski definition) is 1. The lowest BCUT2D eigenvalue weighted by molar-refractivity contribution is 0.0596. The predicted octanol–water partition coefficient (Wildman–Crippen LogP) is 3.02. The highest BCUT2D eigenvalue weighted by atomic mass is 16.5. The normalized spacial score (nSPS) is 12.4. The molecule has 23 heavy (non-hydrogen) atoms. The van der Waals surface area contributed by atoms with Gasteiger partial charge in [-0.1, -0.05) is 24.3 Å². The third-order valence-electron chi connectivity index (χ3n) is 4.27. The molecule has 0 spiro atoms. The van der Waals surface area contributed by atoms with E-state index in [1.54, 1.807) is 12.4 Å². The van der Waals surface area contributed by atoms with Crippen LogP contribution in [0, 0.1) is 0 Å². The Hall–Kier alpha value is -2.95. The molecule has 0 atom stereocenters. The first-order chi connectivity index (χ1) is 11.3. The maximum absolute atomic E-state index is 12.2.